The van der Waals surface area contributed by atoms with Crippen molar-refractivity contribution in [1.29, 1.82) is 0 Å². The molecule has 2 aromatic rings. The summed E-state index contributed by atoms with van der Waals surface area (Å²) in [5.41, 5.74) is 1.13. The maximum absolute atomic E-state index is 5.79. The first-order valence-electron chi connectivity index (χ1n) is 7.57. The molecule has 21 heavy (non-hydrogen) atoms. The van der Waals surface area contributed by atoms with Gasteiger partial charge in [0.2, 0.25) is 11.8 Å². The Balaban J connectivity index is 1.63. The van der Waals surface area contributed by atoms with Crippen LogP contribution < -0.4 is 0 Å². The van der Waals surface area contributed by atoms with E-state index < -0.39 is 0 Å². The summed E-state index contributed by atoms with van der Waals surface area (Å²) in [4.78, 5) is 2.38. The molecule has 1 aliphatic rings. The SMILES string of the molecule is CC(C)(C)c1nnc(CN2CCC[C@@H](c3ccn[nH]3)C2)o1. The largest absolute Gasteiger partial charge is 0.423 e. The molecule has 0 aromatic carbocycles. The lowest BCUT2D eigenvalue weighted by Gasteiger charge is -2.31. The third-order valence-electron chi connectivity index (χ3n) is 3.93. The van der Waals surface area contributed by atoms with Gasteiger partial charge in [0.15, 0.2) is 0 Å². The van der Waals surface area contributed by atoms with Crippen LogP contribution in [0.4, 0.5) is 0 Å². The highest BCUT2D eigenvalue weighted by atomic mass is 16.4. The minimum Gasteiger partial charge on any atom is -0.423 e. The highest BCUT2D eigenvalue weighted by Crippen LogP contribution is 2.26. The second kappa shape index (κ2) is 5.60. The van der Waals surface area contributed by atoms with Gasteiger partial charge in [0.05, 0.1) is 6.54 Å². The van der Waals surface area contributed by atoms with Gasteiger partial charge < -0.3 is 4.42 Å². The van der Waals surface area contributed by atoms with E-state index in [1.54, 1.807) is 0 Å². The molecule has 1 saturated heterocycles. The molecular formula is C15H23N5O. The Labute approximate surface area is 124 Å². The van der Waals surface area contributed by atoms with Gasteiger partial charge in [0.25, 0.3) is 0 Å². The van der Waals surface area contributed by atoms with Crippen molar-refractivity contribution in [2.24, 2.45) is 0 Å². The molecule has 0 saturated carbocycles. The topological polar surface area (TPSA) is 70.8 Å². The summed E-state index contributed by atoms with van der Waals surface area (Å²) in [6, 6.07) is 2.07. The van der Waals surface area contributed by atoms with E-state index in [1.807, 2.05) is 6.20 Å². The van der Waals surface area contributed by atoms with Crippen LogP contribution in [0.2, 0.25) is 0 Å². The van der Waals surface area contributed by atoms with Crippen molar-refractivity contribution < 1.29 is 4.42 Å². The molecule has 6 heteroatoms. The number of hydrogen-bond acceptors (Lipinski definition) is 5. The molecule has 0 spiro atoms. The minimum atomic E-state index is -0.0917. The summed E-state index contributed by atoms with van der Waals surface area (Å²) in [5.74, 6) is 1.94. The summed E-state index contributed by atoms with van der Waals surface area (Å²) < 4.78 is 5.79. The fraction of sp³-hybridized carbons (Fsp3) is 0.667. The van der Waals surface area contributed by atoms with Crippen LogP contribution in [0, 0.1) is 0 Å². The van der Waals surface area contributed by atoms with Gasteiger partial charge in [0.1, 0.15) is 0 Å². The number of rotatable bonds is 3. The zero-order valence-corrected chi connectivity index (χ0v) is 13.0. The average molecular weight is 289 g/mol. The molecule has 1 atom stereocenters. The van der Waals surface area contributed by atoms with Crippen LogP contribution in [-0.4, -0.2) is 38.4 Å². The lowest BCUT2D eigenvalue weighted by Crippen LogP contribution is -2.34. The number of likely N-dealkylation sites (tertiary alicyclic amines) is 1. The summed E-state index contributed by atoms with van der Waals surface area (Å²) >= 11 is 0. The van der Waals surface area contributed by atoms with Crippen LogP contribution >= 0.6 is 0 Å². The second-order valence-corrected chi connectivity index (χ2v) is 6.84. The van der Waals surface area contributed by atoms with Crippen molar-refractivity contribution in [3.63, 3.8) is 0 Å². The first kappa shape index (κ1) is 14.3. The molecular weight excluding hydrogens is 266 g/mol. The number of piperidine rings is 1. The van der Waals surface area contributed by atoms with E-state index in [0.717, 1.165) is 19.6 Å². The Hall–Kier alpha value is -1.69. The van der Waals surface area contributed by atoms with Crippen LogP contribution in [0.3, 0.4) is 0 Å². The van der Waals surface area contributed by atoms with E-state index >= 15 is 0 Å². The van der Waals surface area contributed by atoms with E-state index in [4.69, 9.17) is 4.42 Å². The van der Waals surface area contributed by atoms with Gasteiger partial charge in [0, 0.05) is 29.8 Å². The van der Waals surface area contributed by atoms with Gasteiger partial charge in [-0.25, -0.2) is 0 Å². The first-order valence-corrected chi connectivity index (χ1v) is 7.57. The molecule has 3 heterocycles. The Morgan fingerprint density at radius 3 is 2.90 bits per heavy atom. The molecule has 0 radical (unpaired) electrons. The minimum absolute atomic E-state index is 0.0917. The zero-order valence-electron chi connectivity index (χ0n) is 13.0. The van der Waals surface area contributed by atoms with E-state index in [1.165, 1.54) is 18.5 Å². The van der Waals surface area contributed by atoms with Gasteiger partial charge in [-0.3, -0.25) is 10.00 Å². The zero-order chi connectivity index (χ0) is 14.9. The standard InChI is InChI=1S/C15H23N5O/c1-15(2,3)14-19-18-13(21-14)10-20-8-4-5-11(9-20)12-6-7-16-17-12/h6-7,11H,4-5,8-10H2,1-3H3,(H,16,17)/t11-/m1/s1. The van der Waals surface area contributed by atoms with E-state index in [2.05, 4.69) is 52.1 Å². The van der Waals surface area contributed by atoms with Crippen molar-refractivity contribution in [3.8, 4) is 0 Å². The van der Waals surface area contributed by atoms with Gasteiger partial charge >= 0.3 is 0 Å². The highest BCUT2D eigenvalue weighted by Gasteiger charge is 2.25. The van der Waals surface area contributed by atoms with Gasteiger partial charge in [-0.1, -0.05) is 20.8 Å². The molecule has 114 valence electrons. The van der Waals surface area contributed by atoms with Crippen molar-refractivity contribution in [3.05, 3.63) is 29.7 Å². The van der Waals surface area contributed by atoms with Crippen molar-refractivity contribution in [1.82, 2.24) is 25.3 Å². The van der Waals surface area contributed by atoms with Gasteiger partial charge in [-0.05, 0) is 25.5 Å². The first-order chi connectivity index (χ1) is 10.0. The van der Waals surface area contributed by atoms with E-state index in [0.29, 0.717) is 17.7 Å². The Bertz CT molecular complexity index is 569. The maximum Gasteiger partial charge on any atom is 0.230 e. The maximum atomic E-state index is 5.79. The Morgan fingerprint density at radius 2 is 2.24 bits per heavy atom. The number of nitrogens with one attached hydrogen (secondary N) is 1. The summed E-state index contributed by atoms with van der Waals surface area (Å²) in [6.45, 7) is 9.07. The Kier molecular flexibility index (Phi) is 3.80. The monoisotopic (exact) mass is 289 g/mol. The molecule has 6 nitrogen and oxygen atoms in total. The molecule has 0 bridgehead atoms. The molecule has 0 unspecified atom stereocenters. The summed E-state index contributed by atoms with van der Waals surface area (Å²) in [5, 5.41) is 15.5. The number of nitrogens with zero attached hydrogens (tertiary/aromatic N) is 4. The third kappa shape index (κ3) is 3.32. The molecule has 1 fully saturated rings. The van der Waals surface area contributed by atoms with Crippen LogP contribution in [0.15, 0.2) is 16.7 Å². The van der Waals surface area contributed by atoms with Crippen molar-refractivity contribution in [2.45, 2.75) is 51.5 Å². The average Bonchev–Trinajstić information content (AvgIpc) is 3.09. The number of hydrogen-bond donors (Lipinski definition) is 1. The van der Waals surface area contributed by atoms with Crippen LogP contribution in [0.5, 0.6) is 0 Å². The van der Waals surface area contributed by atoms with Crippen molar-refractivity contribution in [2.75, 3.05) is 13.1 Å². The Morgan fingerprint density at radius 1 is 1.38 bits per heavy atom. The molecule has 0 aliphatic carbocycles. The third-order valence-corrected chi connectivity index (χ3v) is 3.93. The lowest BCUT2D eigenvalue weighted by molar-refractivity contribution is 0.179. The molecule has 3 rings (SSSR count). The number of H-pyrrole nitrogens is 1. The molecule has 2 aromatic heterocycles. The van der Waals surface area contributed by atoms with E-state index in [-0.39, 0.29) is 5.41 Å². The predicted octanol–water partition coefficient (Wildman–Crippen LogP) is 2.47. The highest BCUT2D eigenvalue weighted by molar-refractivity contribution is 5.07. The number of aromatic nitrogens is 4. The normalized spacial score (nSPS) is 20.8. The van der Waals surface area contributed by atoms with Crippen LogP contribution in [0.25, 0.3) is 0 Å². The number of aromatic amines is 1. The second-order valence-electron chi connectivity index (χ2n) is 6.84. The molecule has 1 aliphatic heterocycles. The predicted molar refractivity (Wildman–Crippen MR) is 78.8 cm³/mol. The van der Waals surface area contributed by atoms with Crippen molar-refractivity contribution >= 4 is 0 Å². The van der Waals surface area contributed by atoms with Gasteiger partial charge in [-0.2, -0.15) is 5.10 Å². The summed E-state index contributed by atoms with van der Waals surface area (Å²) in [7, 11) is 0. The molecule has 0 amide bonds. The fourth-order valence-electron chi connectivity index (χ4n) is 2.76. The smallest absolute Gasteiger partial charge is 0.230 e. The lowest BCUT2D eigenvalue weighted by atomic mass is 9.95. The van der Waals surface area contributed by atoms with Gasteiger partial charge in [-0.15, -0.1) is 10.2 Å². The summed E-state index contributed by atoms with van der Waals surface area (Å²) in [6.07, 6.45) is 4.21. The van der Waals surface area contributed by atoms with Crippen LogP contribution in [0.1, 0.15) is 57.0 Å². The van der Waals surface area contributed by atoms with Crippen LogP contribution in [-0.2, 0) is 12.0 Å². The fourth-order valence-corrected chi connectivity index (χ4v) is 2.76. The quantitative estimate of drug-likeness (QED) is 0.940. The molecule has 1 N–H and O–H groups in total. The van der Waals surface area contributed by atoms with E-state index in [9.17, 15) is 0 Å².